The largest absolute Gasteiger partial charge is 0.497 e. The van der Waals surface area contributed by atoms with Crippen molar-refractivity contribution in [1.82, 2.24) is 5.32 Å². The van der Waals surface area contributed by atoms with Gasteiger partial charge >= 0.3 is 0 Å². The molecule has 1 N–H and O–H groups in total. The number of carbonyl (C=O) groups excluding carboxylic acids is 1. The van der Waals surface area contributed by atoms with Crippen LogP contribution in [0, 0.1) is 0 Å². The van der Waals surface area contributed by atoms with E-state index in [-0.39, 0.29) is 12.5 Å². The molecule has 0 aliphatic carbocycles. The molecule has 6 heteroatoms. The molecule has 1 amide bonds. The molecular formula is C26H27NO5. The minimum Gasteiger partial charge on any atom is -0.497 e. The maximum atomic E-state index is 13.2. The molecule has 0 aromatic heterocycles. The topological polar surface area (TPSA) is 66.0 Å². The van der Waals surface area contributed by atoms with E-state index in [1.807, 2.05) is 60.7 Å². The second-order valence-electron chi connectivity index (χ2n) is 6.90. The van der Waals surface area contributed by atoms with Crippen LogP contribution in [0.15, 0.2) is 66.7 Å². The van der Waals surface area contributed by atoms with Gasteiger partial charge in [-0.3, -0.25) is 4.79 Å². The van der Waals surface area contributed by atoms with Gasteiger partial charge in [0.05, 0.1) is 28.4 Å². The highest BCUT2D eigenvalue weighted by Crippen LogP contribution is 2.34. The molecule has 0 unspecified atom stereocenters. The average Bonchev–Trinajstić information content (AvgIpc) is 2.85. The lowest BCUT2D eigenvalue weighted by Gasteiger charge is -2.15. The van der Waals surface area contributed by atoms with E-state index in [0.717, 1.165) is 22.4 Å². The Balaban J connectivity index is 1.90. The van der Waals surface area contributed by atoms with E-state index in [1.54, 1.807) is 40.6 Å². The molecule has 3 rings (SSSR count). The van der Waals surface area contributed by atoms with Gasteiger partial charge in [0.1, 0.15) is 11.5 Å². The number of hydrogen-bond acceptors (Lipinski definition) is 5. The van der Waals surface area contributed by atoms with E-state index >= 15 is 0 Å². The van der Waals surface area contributed by atoms with Crippen molar-refractivity contribution in [2.24, 2.45) is 0 Å². The number of hydrogen-bond donors (Lipinski definition) is 1. The molecule has 0 heterocycles. The molecule has 32 heavy (non-hydrogen) atoms. The van der Waals surface area contributed by atoms with Crippen molar-refractivity contribution >= 4 is 17.6 Å². The monoisotopic (exact) mass is 433 g/mol. The SMILES string of the molecule is COc1cccc(C=C(C(=O)NCc2cc(OC)c(OC)cc2OC)c2ccccc2)c1. The van der Waals surface area contributed by atoms with Gasteiger partial charge in [0, 0.05) is 23.7 Å². The number of ether oxygens (including phenoxy) is 4. The summed E-state index contributed by atoms with van der Waals surface area (Å²) in [7, 11) is 6.32. The first-order chi connectivity index (χ1) is 15.6. The third-order valence-electron chi connectivity index (χ3n) is 4.96. The number of carbonyl (C=O) groups is 1. The summed E-state index contributed by atoms with van der Waals surface area (Å²) in [5.41, 5.74) is 2.99. The number of amides is 1. The van der Waals surface area contributed by atoms with Crippen LogP contribution >= 0.6 is 0 Å². The minimum atomic E-state index is -0.212. The predicted molar refractivity (Wildman–Crippen MR) is 125 cm³/mol. The van der Waals surface area contributed by atoms with Crippen LogP contribution in [0.2, 0.25) is 0 Å². The van der Waals surface area contributed by atoms with Gasteiger partial charge in [-0.1, -0.05) is 42.5 Å². The van der Waals surface area contributed by atoms with Crippen LogP contribution in [-0.4, -0.2) is 34.3 Å². The van der Waals surface area contributed by atoms with E-state index in [1.165, 1.54) is 0 Å². The van der Waals surface area contributed by atoms with Crippen molar-refractivity contribution in [2.45, 2.75) is 6.54 Å². The highest BCUT2D eigenvalue weighted by Gasteiger charge is 2.16. The Labute approximate surface area is 188 Å². The fourth-order valence-corrected chi connectivity index (χ4v) is 3.30. The second kappa shape index (κ2) is 10.9. The third kappa shape index (κ3) is 5.40. The molecule has 0 aliphatic heterocycles. The Morgan fingerprint density at radius 3 is 2.12 bits per heavy atom. The maximum absolute atomic E-state index is 13.2. The molecule has 0 bridgehead atoms. The summed E-state index contributed by atoms with van der Waals surface area (Å²) in [4.78, 5) is 13.2. The number of methoxy groups -OCH3 is 4. The summed E-state index contributed by atoms with van der Waals surface area (Å²) < 4.78 is 21.5. The van der Waals surface area contributed by atoms with Gasteiger partial charge < -0.3 is 24.3 Å². The van der Waals surface area contributed by atoms with Crippen molar-refractivity contribution in [1.29, 1.82) is 0 Å². The molecule has 3 aromatic carbocycles. The highest BCUT2D eigenvalue weighted by atomic mass is 16.5. The fourth-order valence-electron chi connectivity index (χ4n) is 3.30. The van der Waals surface area contributed by atoms with E-state index in [4.69, 9.17) is 18.9 Å². The highest BCUT2D eigenvalue weighted by molar-refractivity contribution is 6.24. The maximum Gasteiger partial charge on any atom is 0.252 e. The van der Waals surface area contributed by atoms with Crippen molar-refractivity contribution in [3.8, 4) is 23.0 Å². The average molecular weight is 434 g/mol. The number of benzene rings is 3. The van der Waals surface area contributed by atoms with Gasteiger partial charge in [-0.05, 0) is 35.4 Å². The normalized spacial score (nSPS) is 10.9. The lowest BCUT2D eigenvalue weighted by Crippen LogP contribution is -2.24. The second-order valence-corrected chi connectivity index (χ2v) is 6.90. The summed E-state index contributed by atoms with van der Waals surface area (Å²) >= 11 is 0. The van der Waals surface area contributed by atoms with E-state index in [0.29, 0.717) is 22.8 Å². The zero-order valence-electron chi connectivity index (χ0n) is 18.7. The first-order valence-corrected chi connectivity index (χ1v) is 10.1. The van der Waals surface area contributed by atoms with Crippen LogP contribution in [0.25, 0.3) is 11.6 Å². The molecule has 0 spiro atoms. The van der Waals surface area contributed by atoms with Crippen LogP contribution < -0.4 is 24.3 Å². The standard InChI is InChI=1S/C26H27NO5/c1-29-21-12-8-9-18(13-21)14-22(19-10-6-5-7-11-19)26(28)27-17-20-15-24(31-3)25(32-4)16-23(20)30-2/h5-16H,17H2,1-4H3,(H,27,28). The summed E-state index contributed by atoms with van der Waals surface area (Å²) in [6.07, 6.45) is 1.85. The Kier molecular flexibility index (Phi) is 7.75. The lowest BCUT2D eigenvalue weighted by atomic mass is 10.0. The molecule has 0 radical (unpaired) electrons. The van der Waals surface area contributed by atoms with Gasteiger partial charge in [0.15, 0.2) is 11.5 Å². The van der Waals surface area contributed by atoms with Crippen LogP contribution in [0.1, 0.15) is 16.7 Å². The Hall–Kier alpha value is -3.93. The summed E-state index contributed by atoms with van der Waals surface area (Å²) in [6, 6.07) is 20.6. The number of rotatable bonds is 9. The van der Waals surface area contributed by atoms with Crippen molar-refractivity contribution in [2.75, 3.05) is 28.4 Å². The van der Waals surface area contributed by atoms with Crippen molar-refractivity contribution in [3.63, 3.8) is 0 Å². The molecule has 0 fully saturated rings. The smallest absolute Gasteiger partial charge is 0.252 e. The van der Waals surface area contributed by atoms with Gasteiger partial charge in [0.2, 0.25) is 0 Å². The lowest BCUT2D eigenvalue weighted by molar-refractivity contribution is -0.115. The van der Waals surface area contributed by atoms with Crippen LogP contribution in [0.4, 0.5) is 0 Å². The van der Waals surface area contributed by atoms with Crippen molar-refractivity contribution in [3.05, 3.63) is 83.4 Å². The Morgan fingerprint density at radius 2 is 1.47 bits per heavy atom. The van der Waals surface area contributed by atoms with Gasteiger partial charge in [-0.25, -0.2) is 0 Å². The van der Waals surface area contributed by atoms with E-state index in [2.05, 4.69) is 5.32 Å². The van der Waals surface area contributed by atoms with Gasteiger partial charge in [0.25, 0.3) is 5.91 Å². The zero-order chi connectivity index (χ0) is 22.9. The van der Waals surface area contributed by atoms with E-state index in [9.17, 15) is 4.79 Å². The molecule has 6 nitrogen and oxygen atoms in total. The third-order valence-corrected chi connectivity index (χ3v) is 4.96. The van der Waals surface area contributed by atoms with E-state index < -0.39 is 0 Å². The molecule has 0 atom stereocenters. The minimum absolute atomic E-state index is 0.212. The first-order valence-electron chi connectivity index (χ1n) is 10.1. The quantitative estimate of drug-likeness (QED) is 0.395. The van der Waals surface area contributed by atoms with Gasteiger partial charge in [-0.15, -0.1) is 0 Å². The molecule has 0 aliphatic rings. The summed E-state index contributed by atoms with van der Waals surface area (Å²) in [5, 5.41) is 3.00. The Bertz CT molecular complexity index is 1090. The van der Waals surface area contributed by atoms with Crippen LogP contribution in [0.5, 0.6) is 23.0 Å². The zero-order valence-corrected chi connectivity index (χ0v) is 18.7. The van der Waals surface area contributed by atoms with Crippen molar-refractivity contribution < 1.29 is 23.7 Å². The molecule has 0 saturated carbocycles. The summed E-state index contributed by atoms with van der Waals surface area (Å²) in [5.74, 6) is 2.23. The molecule has 0 saturated heterocycles. The van der Waals surface area contributed by atoms with Crippen LogP contribution in [0.3, 0.4) is 0 Å². The molecule has 166 valence electrons. The fraction of sp³-hybridized carbons (Fsp3) is 0.192. The van der Waals surface area contributed by atoms with Gasteiger partial charge in [-0.2, -0.15) is 0 Å². The molecular weight excluding hydrogens is 406 g/mol. The molecule has 3 aromatic rings. The predicted octanol–water partition coefficient (Wildman–Crippen LogP) is 4.58. The summed E-state index contributed by atoms with van der Waals surface area (Å²) in [6.45, 7) is 0.255. The Morgan fingerprint density at radius 1 is 0.781 bits per heavy atom. The number of nitrogens with one attached hydrogen (secondary N) is 1. The van der Waals surface area contributed by atoms with Crippen LogP contribution in [-0.2, 0) is 11.3 Å². The first kappa shape index (κ1) is 22.7.